The molecule has 0 bridgehead atoms. The molecule has 0 aromatic heterocycles. The Hall–Kier alpha value is -0.220. The molecule has 2 nitrogen and oxygen atoms in total. The van der Waals surface area contributed by atoms with Crippen LogP contribution in [0.25, 0.3) is 0 Å². The van der Waals surface area contributed by atoms with Crippen LogP contribution in [0.2, 0.25) is 0 Å². The van der Waals surface area contributed by atoms with Crippen molar-refractivity contribution in [2.75, 3.05) is 20.1 Å². The second-order valence-corrected chi connectivity index (χ2v) is 6.80. The van der Waals surface area contributed by atoms with Gasteiger partial charge >= 0.3 is 0 Å². The summed E-state index contributed by atoms with van der Waals surface area (Å²) in [5.41, 5.74) is -0.326. The van der Waals surface area contributed by atoms with Gasteiger partial charge in [0.25, 0.3) is 5.92 Å². The number of hydrogen-bond donors (Lipinski definition) is 1. The Kier molecular flexibility index (Phi) is 5.54. The predicted molar refractivity (Wildman–Crippen MR) is 69.7 cm³/mol. The lowest BCUT2D eigenvalue weighted by Gasteiger charge is -2.33. The molecule has 0 aliphatic heterocycles. The minimum Gasteiger partial charge on any atom is -0.306 e. The summed E-state index contributed by atoms with van der Waals surface area (Å²) in [6.07, 6.45) is -0.107. The van der Waals surface area contributed by atoms with Gasteiger partial charge in [0.05, 0.1) is 6.54 Å². The minimum atomic E-state index is -2.65. The van der Waals surface area contributed by atoms with Crippen molar-refractivity contribution in [3.05, 3.63) is 0 Å². The molecule has 0 amide bonds. The summed E-state index contributed by atoms with van der Waals surface area (Å²) in [6, 6.07) is 0. The van der Waals surface area contributed by atoms with Gasteiger partial charge < -0.3 is 10.2 Å². The smallest absolute Gasteiger partial charge is 0.261 e. The van der Waals surface area contributed by atoms with E-state index >= 15 is 0 Å². The third-order valence-corrected chi connectivity index (χ3v) is 2.84. The number of hydrogen-bond acceptors (Lipinski definition) is 2. The molecule has 0 fully saturated rings. The standard InChI is InChI=1S/C13H28F2N2/c1-11(2,3)16-10-13(14,15)8-9-17(7)12(4,5)6/h16H,8-10H2,1-7H3. The van der Waals surface area contributed by atoms with E-state index in [1.54, 1.807) is 0 Å². The van der Waals surface area contributed by atoms with Gasteiger partial charge in [0, 0.05) is 24.0 Å². The summed E-state index contributed by atoms with van der Waals surface area (Å²) in [5, 5.41) is 2.86. The number of rotatable bonds is 5. The van der Waals surface area contributed by atoms with E-state index in [1.807, 2.05) is 53.5 Å². The Labute approximate surface area is 105 Å². The molecule has 0 spiro atoms. The van der Waals surface area contributed by atoms with Crippen LogP contribution in [0, 0.1) is 0 Å². The summed E-state index contributed by atoms with van der Waals surface area (Å²) in [7, 11) is 1.88. The molecule has 1 N–H and O–H groups in total. The van der Waals surface area contributed by atoms with Crippen molar-refractivity contribution in [1.29, 1.82) is 0 Å². The van der Waals surface area contributed by atoms with Gasteiger partial charge in [0.1, 0.15) is 0 Å². The topological polar surface area (TPSA) is 15.3 Å². The van der Waals surface area contributed by atoms with E-state index < -0.39 is 5.92 Å². The fourth-order valence-corrected chi connectivity index (χ4v) is 1.15. The quantitative estimate of drug-likeness (QED) is 0.806. The van der Waals surface area contributed by atoms with E-state index in [-0.39, 0.29) is 24.0 Å². The second-order valence-electron chi connectivity index (χ2n) is 6.80. The van der Waals surface area contributed by atoms with Crippen LogP contribution in [0.1, 0.15) is 48.0 Å². The first-order valence-electron chi connectivity index (χ1n) is 6.18. The summed E-state index contributed by atoms with van der Waals surface area (Å²) in [5.74, 6) is -2.65. The zero-order valence-electron chi connectivity index (χ0n) is 12.3. The highest BCUT2D eigenvalue weighted by Crippen LogP contribution is 2.21. The van der Waals surface area contributed by atoms with E-state index in [2.05, 4.69) is 5.32 Å². The van der Waals surface area contributed by atoms with Crippen LogP contribution < -0.4 is 5.32 Å². The molecular weight excluding hydrogens is 222 g/mol. The Morgan fingerprint density at radius 1 is 1.00 bits per heavy atom. The van der Waals surface area contributed by atoms with Gasteiger partial charge in [-0.2, -0.15) is 0 Å². The van der Waals surface area contributed by atoms with Gasteiger partial charge in [-0.05, 0) is 48.6 Å². The number of alkyl halides is 2. The summed E-state index contributed by atoms with van der Waals surface area (Å²) >= 11 is 0. The van der Waals surface area contributed by atoms with Crippen LogP contribution >= 0.6 is 0 Å². The minimum absolute atomic E-state index is 0.0620. The van der Waals surface area contributed by atoms with Crippen LogP contribution in [0.5, 0.6) is 0 Å². The molecule has 0 unspecified atom stereocenters. The molecule has 0 aliphatic rings. The fraction of sp³-hybridized carbons (Fsp3) is 1.00. The van der Waals surface area contributed by atoms with Gasteiger partial charge in [-0.3, -0.25) is 0 Å². The van der Waals surface area contributed by atoms with Crippen molar-refractivity contribution in [2.24, 2.45) is 0 Å². The third-order valence-electron chi connectivity index (χ3n) is 2.84. The maximum absolute atomic E-state index is 13.6. The van der Waals surface area contributed by atoms with Crippen LogP contribution in [-0.2, 0) is 0 Å². The van der Waals surface area contributed by atoms with Crippen LogP contribution in [-0.4, -0.2) is 42.0 Å². The molecular formula is C13H28F2N2. The van der Waals surface area contributed by atoms with Gasteiger partial charge in [0.15, 0.2) is 0 Å². The zero-order chi connectivity index (χ0) is 13.9. The molecule has 0 aliphatic carbocycles. The summed E-state index contributed by atoms with van der Waals surface area (Å²) in [6.45, 7) is 11.9. The highest BCUT2D eigenvalue weighted by Gasteiger charge is 2.31. The lowest BCUT2D eigenvalue weighted by atomic mass is 10.1. The fourth-order valence-electron chi connectivity index (χ4n) is 1.15. The van der Waals surface area contributed by atoms with Crippen LogP contribution in [0.15, 0.2) is 0 Å². The Balaban J connectivity index is 4.10. The van der Waals surface area contributed by atoms with Crippen LogP contribution in [0.4, 0.5) is 8.78 Å². The highest BCUT2D eigenvalue weighted by molar-refractivity contribution is 4.80. The normalized spacial score (nSPS) is 14.5. The molecule has 104 valence electrons. The molecule has 0 saturated heterocycles. The van der Waals surface area contributed by atoms with Crippen LogP contribution in [0.3, 0.4) is 0 Å². The van der Waals surface area contributed by atoms with E-state index in [1.165, 1.54) is 0 Å². The maximum Gasteiger partial charge on any atom is 0.261 e. The monoisotopic (exact) mass is 250 g/mol. The Morgan fingerprint density at radius 3 is 1.82 bits per heavy atom. The van der Waals surface area contributed by atoms with Crippen molar-refractivity contribution in [2.45, 2.75) is 65.0 Å². The first-order valence-corrected chi connectivity index (χ1v) is 6.18. The van der Waals surface area contributed by atoms with Gasteiger partial charge in [-0.25, -0.2) is 8.78 Å². The molecule has 0 aromatic carbocycles. The third kappa shape index (κ3) is 8.50. The average molecular weight is 250 g/mol. The first kappa shape index (κ1) is 16.8. The SMILES string of the molecule is CN(CCC(F)(F)CNC(C)(C)C)C(C)(C)C. The van der Waals surface area contributed by atoms with Crippen molar-refractivity contribution in [3.8, 4) is 0 Å². The van der Waals surface area contributed by atoms with Crippen molar-refractivity contribution >= 4 is 0 Å². The highest BCUT2D eigenvalue weighted by atomic mass is 19.3. The first-order chi connectivity index (χ1) is 7.33. The van der Waals surface area contributed by atoms with E-state index in [9.17, 15) is 8.78 Å². The van der Waals surface area contributed by atoms with Crippen molar-refractivity contribution in [3.63, 3.8) is 0 Å². The summed E-state index contributed by atoms with van der Waals surface area (Å²) < 4.78 is 27.2. The van der Waals surface area contributed by atoms with Crippen molar-refractivity contribution < 1.29 is 8.78 Å². The number of nitrogens with zero attached hydrogens (tertiary/aromatic N) is 1. The van der Waals surface area contributed by atoms with E-state index in [0.29, 0.717) is 6.54 Å². The van der Waals surface area contributed by atoms with E-state index in [4.69, 9.17) is 0 Å². The molecule has 0 rings (SSSR count). The average Bonchev–Trinajstić information content (AvgIpc) is 2.09. The summed E-state index contributed by atoms with van der Waals surface area (Å²) in [4.78, 5) is 1.96. The molecule has 0 aromatic rings. The van der Waals surface area contributed by atoms with Gasteiger partial charge in [0.2, 0.25) is 0 Å². The van der Waals surface area contributed by atoms with E-state index in [0.717, 1.165) is 0 Å². The predicted octanol–water partition coefficient (Wildman–Crippen LogP) is 3.13. The lowest BCUT2D eigenvalue weighted by Crippen LogP contribution is -2.46. The van der Waals surface area contributed by atoms with Gasteiger partial charge in [-0.15, -0.1) is 0 Å². The zero-order valence-corrected chi connectivity index (χ0v) is 12.3. The molecule has 17 heavy (non-hydrogen) atoms. The van der Waals surface area contributed by atoms with Gasteiger partial charge in [-0.1, -0.05) is 0 Å². The lowest BCUT2D eigenvalue weighted by molar-refractivity contribution is -0.0235. The molecule has 0 radical (unpaired) electrons. The molecule has 0 saturated carbocycles. The number of halogens is 2. The largest absolute Gasteiger partial charge is 0.306 e. The maximum atomic E-state index is 13.6. The Bertz CT molecular complexity index is 227. The number of nitrogens with one attached hydrogen (secondary N) is 1. The molecule has 0 heterocycles. The van der Waals surface area contributed by atoms with Crippen molar-refractivity contribution in [1.82, 2.24) is 10.2 Å². The second kappa shape index (κ2) is 5.61. The molecule has 4 heteroatoms. The Morgan fingerprint density at radius 2 is 1.47 bits per heavy atom. The molecule has 0 atom stereocenters.